The summed E-state index contributed by atoms with van der Waals surface area (Å²) in [7, 11) is 1.47. The molecule has 1 atom stereocenters. The second kappa shape index (κ2) is 6.59. The topological polar surface area (TPSA) is 51.2 Å². The monoisotopic (exact) mass is 294 g/mol. The van der Waals surface area contributed by atoms with Crippen molar-refractivity contribution in [3.8, 4) is 0 Å². The van der Waals surface area contributed by atoms with E-state index in [-0.39, 0.29) is 12.0 Å². The molecule has 1 fully saturated rings. The van der Waals surface area contributed by atoms with Gasteiger partial charge in [-0.15, -0.1) is 11.8 Å². The number of pyridine rings is 1. The van der Waals surface area contributed by atoms with Gasteiger partial charge in [-0.2, -0.15) is 0 Å². The van der Waals surface area contributed by atoms with Gasteiger partial charge in [-0.25, -0.2) is 0 Å². The van der Waals surface area contributed by atoms with Gasteiger partial charge in [0.2, 0.25) is 0 Å². The molecule has 110 valence electrons. The second-order valence-electron chi connectivity index (χ2n) is 5.51. The molecule has 4 nitrogen and oxygen atoms in total. The number of ether oxygens (including phenoxy) is 1. The number of nitrogens with one attached hydrogen (secondary N) is 1. The van der Waals surface area contributed by atoms with E-state index in [0.717, 1.165) is 17.7 Å². The Kier molecular flexibility index (Phi) is 5.05. The van der Waals surface area contributed by atoms with Crippen LogP contribution >= 0.6 is 11.8 Å². The molecule has 5 heteroatoms. The van der Waals surface area contributed by atoms with E-state index in [9.17, 15) is 4.79 Å². The SMILES string of the molecule is COC(=O)C(CSc1ccncc1)(NC(C)C)C1CC1. The Balaban J connectivity index is 2.14. The van der Waals surface area contributed by atoms with Crippen LogP contribution in [0.2, 0.25) is 0 Å². The first-order chi connectivity index (χ1) is 9.58. The molecule has 1 saturated carbocycles. The van der Waals surface area contributed by atoms with Gasteiger partial charge in [0.1, 0.15) is 5.54 Å². The minimum absolute atomic E-state index is 0.143. The van der Waals surface area contributed by atoms with Crippen molar-refractivity contribution in [3.05, 3.63) is 24.5 Å². The van der Waals surface area contributed by atoms with Crippen LogP contribution in [-0.2, 0) is 9.53 Å². The van der Waals surface area contributed by atoms with Crippen LogP contribution in [0.5, 0.6) is 0 Å². The molecule has 0 radical (unpaired) electrons. The van der Waals surface area contributed by atoms with Crippen LogP contribution in [0.4, 0.5) is 0 Å². The number of hydrogen-bond donors (Lipinski definition) is 1. The Morgan fingerprint density at radius 3 is 2.65 bits per heavy atom. The van der Waals surface area contributed by atoms with E-state index in [0.29, 0.717) is 11.7 Å². The number of methoxy groups -OCH3 is 1. The summed E-state index contributed by atoms with van der Waals surface area (Å²) in [5.41, 5.74) is -0.573. The molecule has 1 heterocycles. The van der Waals surface area contributed by atoms with Crippen molar-refractivity contribution < 1.29 is 9.53 Å². The Bertz CT molecular complexity index is 448. The zero-order valence-electron chi connectivity index (χ0n) is 12.3. The lowest BCUT2D eigenvalue weighted by Crippen LogP contribution is -2.59. The molecule has 1 N–H and O–H groups in total. The van der Waals surface area contributed by atoms with Crippen molar-refractivity contribution in [1.82, 2.24) is 10.3 Å². The Morgan fingerprint density at radius 2 is 2.15 bits per heavy atom. The van der Waals surface area contributed by atoms with Crippen molar-refractivity contribution in [1.29, 1.82) is 0 Å². The first kappa shape index (κ1) is 15.3. The quantitative estimate of drug-likeness (QED) is 0.618. The van der Waals surface area contributed by atoms with Crippen molar-refractivity contribution in [2.45, 2.75) is 43.2 Å². The Morgan fingerprint density at radius 1 is 1.50 bits per heavy atom. The van der Waals surface area contributed by atoms with Gasteiger partial charge < -0.3 is 4.74 Å². The number of hydrogen-bond acceptors (Lipinski definition) is 5. The van der Waals surface area contributed by atoms with Crippen molar-refractivity contribution >= 4 is 17.7 Å². The molecule has 1 aliphatic carbocycles. The smallest absolute Gasteiger partial charge is 0.327 e. The van der Waals surface area contributed by atoms with E-state index in [1.54, 1.807) is 24.2 Å². The summed E-state index contributed by atoms with van der Waals surface area (Å²) in [6.07, 6.45) is 5.72. The molecule has 0 aliphatic heterocycles. The molecule has 0 bridgehead atoms. The summed E-state index contributed by atoms with van der Waals surface area (Å²) in [4.78, 5) is 17.5. The summed E-state index contributed by atoms with van der Waals surface area (Å²) in [6.45, 7) is 4.13. The minimum Gasteiger partial charge on any atom is -0.468 e. The van der Waals surface area contributed by atoms with E-state index < -0.39 is 5.54 Å². The van der Waals surface area contributed by atoms with Gasteiger partial charge in [-0.3, -0.25) is 15.1 Å². The molecular weight excluding hydrogens is 272 g/mol. The molecule has 1 aliphatic rings. The molecule has 1 unspecified atom stereocenters. The third-order valence-electron chi connectivity index (χ3n) is 3.49. The van der Waals surface area contributed by atoms with Gasteiger partial charge in [0.25, 0.3) is 0 Å². The molecule has 0 amide bonds. The first-order valence-corrected chi connectivity index (χ1v) is 7.96. The highest BCUT2D eigenvalue weighted by Gasteiger charge is 2.52. The predicted octanol–water partition coefficient (Wildman–Crippen LogP) is 2.49. The maximum Gasteiger partial charge on any atom is 0.327 e. The third-order valence-corrected chi connectivity index (χ3v) is 4.69. The van der Waals surface area contributed by atoms with E-state index >= 15 is 0 Å². The number of carbonyl (C=O) groups is 1. The van der Waals surface area contributed by atoms with Crippen LogP contribution in [0, 0.1) is 5.92 Å². The standard InChI is InChI=1S/C15H22N2O2S/c1-11(2)17-15(12-4-5-12,14(18)19-3)10-20-13-6-8-16-9-7-13/h6-9,11-12,17H,4-5,10H2,1-3H3. The maximum absolute atomic E-state index is 12.4. The minimum atomic E-state index is -0.573. The fourth-order valence-electron chi connectivity index (χ4n) is 2.47. The summed E-state index contributed by atoms with van der Waals surface area (Å²) in [5.74, 6) is 0.925. The number of nitrogens with zero attached hydrogens (tertiary/aromatic N) is 1. The second-order valence-corrected chi connectivity index (χ2v) is 6.56. The highest BCUT2D eigenvalue weighted by atomic mass is 32.2. The van der Waals surface area contributed by atoms with E-state index in [1.165, 1.54) is 7.11 Å². The summed E-state index contributed by atoms with van der Waals surface area (Å²) < 4.78 is 5.08. The maximum atomic E-state index is 12.4. The fourth-order valence-corrected chi connectivity index (χ4v) is 3.61. The van der Waals surface area contributed by atoms with E-state index in [2.05, 4.69) is 24.1 Å². The predicted molar refractivity (Wildman–Crippen MR) is 80.7 cm³/mol. The molecule has 0 spiro atoms. The molecular formula is C15H22N2O2S. The van der Waals surface area contributed by atoms with Gasteiger partial charge in [0, 0.05) is 29.1 Å². The largest absolute Gasteiger partial charge is 0.468 e. The molecule has 2 rings (SSSR count). The number of aromatic nitrogens is 1. The average molecular weight is 294 g/mol. The Hall–Kier alpha value is -1.07. The first-order valence-electron chi connectivity index (χ1n) is 6.97. The lowest BCUT2D eigenvalue weighted by Gasteiger charge is -2.34. The highest BCUT2D eigenvalue weighted by molar-refractivity contribution is 7.99. The van der Waals surface area contributed by atoms with Crippen molar-refractivity contribution in [2.24, 2.45) is 5.92 Å². The van der Waals surface area contributed by atoms with E-state index in [4.69, 9.17) is 4.74 Å². The van der Waals surface area contributed by atoms with Crippen molar-refractivity contribution in [2.75, 3.05) is 12.9 Å². The van der Waals surface area contributed by atoms with Gasteiger partial charge in [-0.1, -0.05) is 0 Å². The zero-order valence-corrected chi connectivity index (χ0v) is 13.1. The number of thioether (sulfide) groups is 1. The van der Waals surface area contributed by atoms with Crippen LogP contribution in [-0.4, -0.2) is 35.4 Å². The van der Waals surface area contributed by atoms with Crippen LogP contribution < -0.4 is 5.32 Å². The lowest BCUT2D eigenvalue weighted by atomic mass is 9.94. The molecule has 20 heavy (non-hydrogen) atoms. The zero-order chi connectivity index (χ0) is 14.6. The van der Waals surface area contributed by atoms with Crippen LogP contribution in [0.15, 0.2) is 29.4 Å². The van der Waals surface area contributed by atoms with E-state index in [1.807, 2.05) is 12.1 Å². The summed E-state index contributed by atoms with van der Waals surface area (Å²) in [6, 6.07) is 4.18. The number of esters is 1. The van der Waals surface area contributed by atoms with Crippen molar-refractivity contribution in [3.63, 3.8) is 0 Å². The van der Waals surface area contributed by atoms with Gasteiger partial charge in [0.05, 0.1) is 7.11 Å². The number of carbonyl (C=O) groups excluding carboxylic acids is 1. The summed E-state index contributed by atoms with van der Waals surface area (Å²) in [5, 5.41) is 3.47. The average Bonchev–Trinajstić information content (AvgIpc) is 3.28. The van der Waals surface area contributed by atoms with Gasteiger partial charge in [0.15, 0.2) is 0 Å². The van der Waals surface area contributed by atoms with Crippen LogP contribution in [0.25, 0.3) is 0 Å². The lowest BCUT2D eigenvalue weighted by molar-refractivity contribution is -0.148. The van der Waals surface area contributed by atoms with Gasteiger partial charge >= 0.3 is 5.97 Å². The molecule has 1 aromatic rings. The molecule has 0 aromatic carbocycles. The molecule has 0 saturated heterocycles. The van der Waals surface area contributed by atoms with Crippen LogP contribution in [0.3, 0.4) is 0 Å². The van der Waals surface area contributed by atoms with Gasteiger partial charge in [-0.05, 0) is 44.7 Å². The highest BCUT2D eigenvalue weighted by Crippen LogP contribution is 2.43. The summed E-state index contributed by atoms with van der Waals surface area (Å²) >= 11 is 1.68. The number of rotatable bonds is 7. The fraction of sp³-hybridized carbons (Fsp3) is 0.600. The Labute approximate surface area is 124 Å². The normalized spacial score (nSPS) is 17.8. The van der Waals surface area contributed by atoms with Crippen LogP contribution in [0.1, 0.15) is 26.7 Å². The third kappa shape index (κ3) is 3.52. The molecule has 1 aromatic heterocycles.